The number of ether oxygens (including phenoxy) is 1. The van der Waals surface area contributed by atoms with Crippen molar-refractivity contribution in [1.29, 1.82) is 0 Å². The van der Waals surface area contributed by atoms with Crippen LogP contribution >= 0.6 is 0 Å². The lowest BCUT2D eigenvalue weighted by atomic mass is 9.90. The van der Waals surface area contributed by atoms with Gasteiger partial charge in [-0.05, 0) is 12.3 Å². The first-order chi connectivity index (χ1) is 7.52. The molecule has 1 amide bonds. The minimum Gasteiger partial charge on any atom is -0.468 e. The minimum absolute atomic E-state index is 0. The van der Waals surface area contributed by atoms with Crippen LogP contribution < -0.4 is 5.32 Å². The first kappa shape index (κ1) is 14.9. The molecule has 1 atom stereocenters. The molecule has 0 saturated heterocycles. The zero-order chi connectivity index (χ0) is 12.6. The van der Waals surface area contributed by atoms with Crippen molar-refractivity contribution in [2.24, 2.45) is 11.8 Å². The van der Waals surface area contributed by atoms with Crippen molar-refractivity contribution in [1.82, 2.24) is 5.32 Å². The van der Waals surface area contributed by atoms with Gasteiger partial charge >= 0.3 is 5.97 Å². The summed E-state index contributed by atoms with van der Waals surface area (Å²) in [5.74, 6) is -0.172. The summed E-state index contributed by atoms with van der Waals surface area (Å²) in [6.07, 6.45) is 2.99. The van der Waals surface area contributed by atoms with Crippen molar-refractivity contribution in [2.45, 2.75) is 40.0 Å². The predicted molar refractivity (Wildman–Crippen MR) is 65.0 cm³/mol. The minimum atomic E-state index is -0.411. The number of carbonyl (C=O) groups excluding carboxylic acids is 2. The highest BCUT2D eigenvalue weighted by Crippen LogP contribution is 2.18. The number of amides is 1. The summed E-state index contributed by atoms with van der Waals surface area (Å²) in [7, 11) is 1.31. The normalized spacial score (nSPS) is 12.3. The van der Waals surface area contributed by atoms with Crippen LogP contribution in [0.4, 0.5) is 0 Å². The third kappa shape index (κ3) is 5.73. The van der Waals surface area contributed by atoms with Gasteiger partial charge in [0, 0.05) is 7.34 Å². The lowest BCUT2D eigenvalue weighted by Crippen LogP contribution is -2.37. The van der Waals surface area contributed by atoms with Crippen molar-refractivity contribution in [3.63, 3.8) is 0 Å². The van der Waals surface area contributed by atoms with Crippen LogP contribution in [0.15, 0.2) is 0 Å². The van der Waals surface area contributed by atoms with Gasteiger partial charge in [0.15, 0.2) is 0 Å². The standard InChI is InChI=1S/C12H23NO3.H2/c1-5-6-7-10(9(2)3)12(15)13-8-11(14)16-4;/h9-10H,5-8H2,1-4H3,(H,13,15);1H/t10-;/m0./s1. The summed E-state index contributed by atoms with van der Waals surface area (Å²) in [5.41, 5.74) is 0. The van der Waals surface area contributed by atoms with E-state index in [1.807, 2.05) is 13.8 Å². The molecule has 0 rings (SSSR count). The molecule has 0 heterocycles. The molecule has 4 nitrogen and oxygen atoms in total. The average molecular weight is 231 g/mol. The van der Waals surface area contributed by atoms with E-state index in [-0.39, 0.29) is 19.8 Å². The molecule has 16 heavy (non-hydrogen) atoms. The number of esters is 1. The highest BCUT2D eigenvalue weighted by molar-refractivity contribution is 5.83. The van der Waals surface area contributed by atoms with Gasteiger partial charge < -0.3 is 10.1 Å². The van der Waals surface area contributed by atoms with Crippen LogP contribution in [0.3, 0.4) is 0 Å². The third-order valence-electron chi connectivity index (χ3n) is 2.64. The zero-order valence-corrected chi connectivity index (χ0v) is 10.7. The van der Waals surface area contributed by atoms with Crippen LogP contribution in [0.5, 0.6) is 0 Å². The van der Waals surface area contributed by atoms with E-state index in [0.29, 0.717) is 5.92 Å². The largest absolute Gasteiger partial charge is 0.468 e. The van der Waals surface area contributed by atoms with E-state index in [1.54, 1.807) is 0 Å². The second kappa shape index (κ2) is 8.13. The molecule has 0 aliphatic heterocycles. The molecule has 0 aromatic rings. The molecule has 0 bridgehead atoms. The lowest BCUT2D eigenvalue weighted by Gasteiger charge is -2.19. The second-order valence-corrected chi connectivity index (χ2v) is 4.29. The number of methoxy groups -OCH3 is 1. The molecule has 0 aromatic carbocycles. The Labute approximate surface area is 99.2 Å². The van der Waals surface area contributed by atoms with E-state index in [2.05, 4.69) is 17.0 Å². The van der Waals surface area contributed by atoms with Gasteiger partial charge in [-0.1, -0.05) is 33.6 Å². The lowest BCUT2D eigenvalue weighted by molar-refractivity contribution is -0.141. The van der Waals surface area contributed by atoms with Crippen LogP contribution in [0.1, 0.15) is 41.5 Å². The zero-order valence-electron chi connectivity index (χ0n) is 10.7. The number of carbonyl (C=O) groups is 2. The predicted octanol–water partition coefficient (Wildman–Crippen LogP) is 1.98. The number of nitrogens with one attached hydrogen (secondary N) is 1. The van der Waals surface area contributed by atoms with Gasteiger partial charge in [0.25, 0.3) is 0 Å². The van der Waals surface area contributed by atoms with Crippen molar-refractivity contribution in [2.75, 3.05) is 13.7 Å². The van der Waals surface area contributed by atoms with Gasteiger partial charge in [-0.2, -0.15) is 0 Å². The molecule has 0 saturated carbocycles. The SMILES string of the molecule is CCCC[C@H](C(=O)NCC(=O)OC)C(C)C.[HH]. The molecule has 1 N–H and O–H groups in total. The molecule has 0 aliphatic carbocycles. The van der Waals surface area contributed by atoms with Gasteiger partial charge in [-0.25, -0.2) is 0 Å². The van der Waals surface area contributed by atoms with Gasteiger partial charge in [-0.15, -0.1) is 0 Å². The Morgan fingerprint density at radius 3 is 2.44 bits per heavy atom. The fraction of sp³-hybridized carbons (Fsp3) is 0.833. The fourth-order valence-electron chi connectivity index (χ4n) is 1.55. The first-order valence-electron chi connectivity index (χ1n) is 5.87. The monoisotopic (exact) mass is 231 g/mol. The highest BCUT2D eigenvalue weighted by Gasteiger charge is 2.21. The summed E-state index contributed by atoms with van der Waals surface area (Å²) < 4.78 is 4.47. The average Bonchev–Trinajstić information content (AvgIpc) is 2.25. The van der Waals surface area contributed by atoms with Crippen molar-refractivity contribution in [3.05, 3.63) is 0 Å². The number of unbranched alkanes of at least 4 members (excludes halogenated alkanes) is 1. The Bertz CT molecular complexity index is 232. The van der Waals surface area contributed by atoms with E-state index in [0.717, 1.165) is 19.3 Å². The number of hydrogen-bond donors (Lipinski definition) is 1. The highest BCUT2D eigenvalue weighted by atomic mass is 16.5. The first-order valence-corrected chi connectivity index (χ1v) is 5.87. The Balaban J connectivity index is 0. The van der Waals surface area contributed by atoms with E-state index < -0.39 is 5.97 Å². The van der Waals surface area contributed by atoms with Gasteiger partial charge in [0.05, 0.1) is 7.11 Å². The van der Waals surface area contributed by atoms with Gasteiger partial charge in [0.2, 0.25) is 5.91 Å². The topological polar surface area (TPSA) is 55.4 Å². The number of hydrogen-bond acceptors (Lipinski definition) is 3. The maximum absolute atomic E-state index is 11.8. The van der Waals surface area contributed by atoms with Crippen LogP contribution in [0, 0.1) is 11.8 Å². The van der Waals surface area contributed by atoms with E-state index in [1.165, 1.54) is 7.11 Å². The molecule has 0 aromatic heterocycles. The molecule has 0 radical (unpaired) electrons. The summed E-state index contributed by atoms with van der Waals surface area (Å²) in [6.45, 7) is 6.12. The molecule has 4 heteroatoms. The molecular weight excluding hydrogens is 206 g/mol. The number of rotatable bonds is 7. The van der Waals surface area contributed by atoms with Crippen molar-refractivity contribution >= 4 is 11.9 Å². The Kier molecular flexibility index (Phi) is 7.60. The van der Waals surface area contributed by atoms with Crippen molar-refractivity contribution < 1.29 is 15.8 Å². The van der Waals surface area contributed by atoms with E-state index in [4.69, 9.17) is 0 Å². The summed E-state index contributed by atoms with van der Waals surface area (Å²) in [5, 5.41) is 2.61. The Hall–Kier alpha value is -1.06. The fourth-order valence-corrected chi connectivity index (χ4v) is 1.55. The molecule has 96 valence electrons. The smallest absolute Gasteiger partial charge is 0.325 e. The molecule has 0 unspecified atom stereocenters. The molecular formula is C12H25NO3. The Morgan fingerprint density at radius 2 is 2.00 bits per heavy atom. The van der Waals surface area contributed by atoms with Crippen molar-refractivity contribution in [3.8, 4) is 0 Å². The third-order valence-corrected chi connectivity index (χ3v) is 2.64. The maximum Gasteiger partial charge on any atom is 0.325 e. The Morgan fingerprint density at radius 1 is 1.38 bits per heavy atom. The van der Waals surface area contributed by atoms with E-state index >= 15 is 0 Å². The molecule has 0 aliphatic rings. The van der Waals surface area contributed by atoms with Gasteiger partial charge in [-0.3, -0.25) is 9.59 Å². The summed E-state index contributed by atoms with van der Waals surface area (Å²) in [6, 6.07) is 0. The maximum atomic E-state index is 11.8. The van der Waals surface area contributed by atoms with Crippen LogP contribution in [-0.4, -0.2) is 25.5 Å². The van der Waals surface area contributed by atoms with Gasteiger partial charge in [0.1, 0.15) is 6.54 Å². The summed E-state index contributed by atoms with van der Waals surface area (Å²) in [4.78, 5) is 22.7. The summed E-state index contributed by atoms with van der Waals surface area (Å²) >= 11 is 0. The molecule has 0 spiro atoms. The van der Waals surface area contributed by atoms with E-state index in [9.17, 15) is 9.59 Å². The quantitative estimate of drug-likeness (QED) is 0.682. The second-order valence-electron chi connectivity index (χ2n) is 4.29. The van der Waals surface area contributed by atoms with Crippen LogP contribution in [0.25, 0.3) is 0 Å². The van der Waals surface area contributed by atoms with Crippen LogP contribution in [0.2, 0.25) is 0 Å². The van der Waals surface area contributed by atoms with Crippen LogP contribution in [-0.2, 0) is 14.3 Å². The molecule has 0 fully saturated rings.